The van der Waals surface area contributed by atoms with E-state index < -0.39 is 0 Å². The van der Waals surface area contributed by atoms with Gasteiger partial charge in [0, 0.05) is 12.6 Å². The minimum atomic E-state index is -0.355. The highest BCUT2D eigenvalue weighted by Gasteiger charge is 2.12. The maximum atomic E-state index is 12.3. The van der Waals surface area contributed by atoms with Crippen LogP contribution in [0.4, 0.5) is 16.2 Å². The average Bonchev–Trinajstić information content (AvgIpc) is 2.55. The molecule has 0 fully saturated rings. The number of ether oxygens (including phenoxy) is 1. The van der Waals surface area contributed by atoms with Gasteiger partial charge in [-0.1, -0.05) is 29.8 Å². The van der Waals surface area contributed by atoms with Crippen molar-refractivity contribution in [2.45, 2.75) is 26.8 Å². The van der Waals surface area contributed by atoms with Crippen LogP contribution >= 0.6 is 0 Å². The Balaban J connectivity index is 2.08. The molecule has 6 heteroatoms. The van der Waals surface area contributed by atoms with Crippen molar-refractivity contribution in [3.05, 3.63) is 53.6 Å². The van der Waals surface area contributed by atoms with E-state index in [1.807, 2.05) is 38.1 Å². The molecule has 0 aliphatic heterocycles. The summed E-state index contributed by atoms with van der Waals surface area (Å²) in [6, 6.07) is 12.5. The number of hydrogen-bond acceptors (Lipinski definition) is 3. The van der Waals surface area contributed by atoms with Gasteiger partial charge in [-0.15, -0.1) is 0 Å². The molecule has 0 aliphatic carbocycles. The summed E-state index contributed by atoms with van der Waals surface area (Å²) in [4.78, 5) is 23.5. The van der Waals surface area contributed by atoms with Crippen LogP contribution in [-0.4, -0.2) is 19.0 Å². The maximum Gasteiger partial charge on any atom is 0.319 e. The quantitative estimate of drug-likeness (QED) is 0.773. The molecule has 132 valence electrons. The number of carbonyl (C=O) groups is 2. The first-order valence-electron chi connectivity index (χ1n) is 7.98. The lowest BCUT2D eigenvalue weighted by molar-refractivity contribution is -0.114. The molecule has 0 aromatic heterocycles. The highest BCUT2D eigenvalue weighted by molar-refractivity contribution is 5.94. The summed E-state index contributed by atoms with van der Waals surface area (Å²) in [5.74, 6) is 0.320. The molecule has 0 heterocycles. The van der Waals surface area contributed by atoms with Crippen LogP contribution in [-0.2, 0) is 4.79 Å². The first kappa shape index (κ1) is 18.3. The Morgan fingerprint density at radius 2 is 1.72 bits per heavy atom. The van der Waals surface area contributed by atoms with E-state index in [9.17, 15) is 9.59 Å². The summed E-state index contributed by atoms with van der Waals surface area (Å²) in [5.41, 5.74) is 3.23. The van der Waals surface area contributed by atoms with Crippen LogP contribution in [0.5, 0.6) is 5.75 Å². The first-order chi connectivity index (χ1) is 11.9. The Bertz CT molecular complexity index is 757. The van der Waals surface area contributed by atoms with Gasteiger partial charge >= 0.3 is 6.03 Å². The fraction of sp³-hybridized carbons (Fsp3) is 0.263. The minimum absolute atomic E-state index is 0.148. The number of urea groups is 1. The van der Waals surface area contributed by atoms with Crippen LogP contribution in [0.3, 0.4) is 0 Å². The van der Waals surface area contributed by atoms with E-state index in [1.54, 1.807) is 18.2 Å². The standard InChI is InChI=1S/C19H23N3O3/c1-12-5-7-15(8-6-12)13(2)20-19(24)22-17-11-16(21-14(3)23)9-10-18(17)25-4/h5-11,13H,1-4H3,(H,21,23)(H2,20,22,24). The molecule has 2 aromatic rings. The van der Waals surface area contributed by atoms with Crippen LogP contribution in [0, 0.1) is 6.92 Å². The molecule has 2 aromatic carbocycles. The Hall–Kier alpha value is -3.02. The minimum Gasteiger partial charge on any atom is -0.495 e. The number of amides is 3. The topological polar surface area (TPSA) is 79.5 Å². The molecule has 25 heavy (non-hydrogen) atoms. The number of aryl methyl sites for hydroxylation is 1. The normalized spacial score (nSPS) is 11.4. The van der Waals surface area contributed by atoms with Crippen LogP contribution in [0.15, 0.2) is 42.5 Å². The summed E-state index contributed by atoms with van der Waals surface area (Å²) in [6.45, 7) is 5.35. The lowest BCUT2D eigenvalue weighted by Gasteiger charge is -2.17. The van der Waals surface area contributed by atoms with E-state index in [-0.39, 0.29) is 18.0 Å². The third-order valence-corrected chi connectivity index (χ3v) is 3.69. The van der Waals surface area contributed by atoms with Crippen LogP contribution in [0.1, 0.15) is 31.0 Å². The molecule has 1 unspecified atom stereocenters. The second kappa shape index (κ2) is 8.19. The zero-order valence-corrected chi connectivity index (χ0v) is 14.8. The smallest absolute Gasteiger partial charge is 0.319 e. The molecule has 2 rings (SSSR count). The maximum absolute atomic E-state index is 12.3. The van der Waals surface area contributed by atoms with E-state index >= 15 is 0 Å². The van der Waals surface area contributed by atoms with Gasteiger partial charge in [-0.05, 0) is 37.6 Å². The van der Waals surface area contributed by atoms with Crippen molar-refractivity contribution in [2.24, 2.45) is 0 Å². The van der Waals surface area contributed by atoms with Gasteiger partial charge in [0.25, 0.3) is 0 Å². The van der Waals surface area contributed by atoms with Crippen molar-refractivity contribution in [3.8, 4) is 5.75 Å². The lowest BCUT2D eigenvalue weighted by Crippen LogP contribution is -2.31. The molecular formula is C19H23N3O3. The molecule has 0 saturated carbocycles. The summed E-state index contributed by atoms with van der Waals surface area (Å²) < 4.78 is 5.25. The largest absolute Gasteiger partial charge is 0.495 e. The number of nitrogens with one attached hydrogen (secondary N) is 3. The highest BCUT2D eigenvalue weighted by atomic mass is 16.5. The van der Waals surface area contributed by atoms with E-state index in [4.69, 9.17) is 4.74 Å². The molecule has 0 spiro atoms. The number of rotatable bonds is 5. The van der Waals surface area contributed by atoms with Gasteiger partial charge in [0.1, 0.15) is 5.75 Å². The summed E-state index contributed by atoms with van der Waals surface area (Å²) >= 11 is 0. The average molecular weight is 341 g/mol. The molecule has 3 amide bonds. The second-order valence-corrected chi connectivity index (χ2v) is 5.83. The zero-order chi connectivity index (χ0) is 18.4. The molecule has 0 aliphatic rings. The summed E-state index contributed by atoms with van der Waals surface area (Å²) in [5, 5.41) is 8.32. The van der Waals surface area contributed by atoms with Crippen molar-refractivity contribution >= 4 is 23.3 Å². The predicted molar refractivity (Wildman–Crippen MR) is 99.0 cm³/mol. The van der Waals surface area contributed by atoms with Crippen molar-refractivity contribution in [1.82, 2.24) is 5.32 Å². The molecule has 0 bridgehead atoms. The molecule has 1 atom stereocenters. The molecule has 0 radical (unpaired) electrons. The summed E-state index contributed by atoms with van der Waals surface area (Å²) in [6.07, 6.45) is 0. The lowest BCUT2D eigenvalue weighted by atomic mass is 10.1. The van der Waals surface area contributed by atoms with Gasteiger partial charge in [0.05, 0.1) is 18.8 Å². The van der Waals surface area contributed by atoms with Crippen LogP contribution in [0.2, 0.25) is 0 Å². The van der Waals surface area contributed by atoms with Crippen molar-refractivity contribution in [3.63, 3.8) is 0 Å². The molecule has 3 N–H and O–H groups in total. The monoisotopic (exact) mass is 341 g/mol. The van der Waals surface area contributed by atoms with E-state index in [1.165, 1.54) is 19.6 Å². The number of methoxy groups -OCH3 is 1. The molecular weight excluding hydrogens is 318 g/mol. The van der Waals surface area contributed by atoms with E-state index in [0.29, 0.717) is 17.1 Å². The second-order valence-electron chi connectivity index (χ2n) is 5.83. The number of anilines is 2. The zero-order valence-electron chi connectivity index (χ0n) is 14.8. The summed E-state index contributed by atoms with van der Waals surface area (Å²) in [7, 11) is 1.52. The van der Waals surface area contributed by atoms with E-state index in [0.717, 1.165) is 5.56 Å². The molecule has 6 nitrogen and oxygen atoms in total. The van der Waals surface area contributed by atoms with Crippen molar-refractivity contribution < 1.29 is 14.3 Å². The van der Waals surface area contributed by atoms with Crippen molar-refractivity contribution in [1.29, 1.82) is 0 Å². The van der Waals surface area contributed by atoms with Crippen molar-refractivity contribution in [2.75, 3.05) is 17.7 Å². The Morgan fingerprint density at radius 3 is 2.32 bits per heavy atom. The number of benzene rings is 2. The number of carbonyl (C=O) groups excluding carboxylic acids is 2. The molecule has 0 saturated heterocycles. The van der Waals surface area contributed by atoms with Gasteiger partial charge in [-0.3, -0.25) is 4.79 Å². The fourth-order valence-electron chi connectivity index (χ4n) is 2.38. The van der Waals surface area contributed by atoms with Gasteiger partial charge in [-0.25, -0.2) is 4.79 Å². The van der Waals surface area contributed by atoms with Gasteiger partial charge < -0.3 is 20.7 Å². The SMILES string of the molecule is COc1ccc(NC(C)=O)cc1NC(=O)NC(C)c1ccc(C)cc1. The van der Waals surface area contributed by atoms with Crippen LogP contribution < -0.4 is 20.7 Å². The Morgan fingerprint density at radius 1 is 1.04 bits per heavy atom. The third kappa shape index (κ3) is 5.24. The fourth-order valence-corrected chi connectivity index (χ4v) is 2.38. The van der Waals surface area contributed by atoms with Gasteiger partial charge in [-0.2, -0.15) is 0 Å². The Kier molecular flexibility index (Phi) is 6.00. The van der Waals surface area contributed by atoms with Gasteiger partial charge in [0.15, 0.2) is 0 Å². The third-order valence-electron chi connectivity index (χ3n) is 3.69. The number of hydrogen-bond donors (Lipinski definition) is 3. The highest BCUT2D eigenvalue weighted by Crippen LogP contribution is 2.28. The van der Waals surface area contributed by atoms with Crippen LogP contribution in [0.25, 0.3) is 0 Å². The predicted octanol–water partition coefficient (Wildman–Crippen LogP) is 3.84. The van der Waals surface area contributed by atoms with Gasteiger partial charge in [0.2, 0.25) is 5.91 Å². The van der Waals surface area contributed by atoms with E-state index in [2.05, 4.69) is 16.0 Å². The Labute approximate surface area is 147 Å². The first-order valence-corrected chi connectivity index (χ1v) is 7.98.